The number of rotatable bonds is 7. The van der Waals surface area contributed by atoms with Gasteiger partial charge in [-0.15, -0.1) is 0 Å². The maximum atomic E-state index is 12.1. The highest BCUT2D eigenvalue weighted by Gasteiger charge is 2.26. The highest BCUT2D eigenvalue weighted by molar-refractivity contribution is 5.97. The van der Waals surface area contributed by atoms with Crippen LogP contribution in [0.1, 0.15) is 61.8 Å². The Morgan fingerprint density at radius 3 is 1.72 bits per heavy atom. The molecule has 0 aliphatic rings. The van der Waals surface area contributed by atoms with Crippen molar-refractivity contribution >= 4 is 17.8 Å². The number of carboxylic acids is 1. The Kier molecular flexibility index (Phi) is 6.73. The van der Waals surface area contributed by atoms with Gasteiger partial charge >= 0.3 is 5.97 Å². The van der Waals surface area contributed by atoms with E-state index in [9.17, 15) is 14.4 Å². The van der Waals surface area contributed by atoms with Crippen molar-refractivity contribution in [3.05, 3.63) is 35.4 Å². The van der Waals surface area contributed by atoms with Gasteiger partial charge in [-0.05, 0) is 49.9 Å². The number of amides is 2. The molecule has 0 unspecified atom stereocenters. The van der Waals surface area contributed by atoms with Gasteiger partial charge in [0, 0.05) is 24.2 Å². The third kappa shape index (κ3) is 6.95. The van der Waals surface area contributed by atoms with Crippen LogP contribution in [0.3, 0.4) is 0 Å². The molecule has 0 saturated carbocycles. The number of hydrogen-bond acceptors (Lipinski definition) is 3. The highest BCUT2D eigenvalue weighted by Crippen LogP contribution is 2.19. The fraction of sp³-hybridized carbons (Fsp3) is 0.526. The molecule has 0 aromatic heterocycles. The molecule has 0 spiro atoms. The Morgan fingerprint density at radius 2 is 1.32 bits per heavy atom. The number of benzene rings is 1. The zero-order valence-electron chi connectivity index (χ0n) is 15.6. The van der Waals surface area contributed by atoms with Crippen LogP contribution in [0, 0.1) is 10.8 Å². The molecule has 0 atom stereocenters. The van der Waals surface area contributed by atoms with Crippen molar-refractivity contribution in [2.45, 2.75) is 41.0 Å². The maximum Gasteiger partial charge on any atom is 0.309 e. The zero-order chi connectivity index (χ0) is 19.3. The van der Waals surface area contributed by atoms with E-state index in [4.69, 9.17) is 5.11 Å². The van der Waals surface area contributed by atoms with Crippen LogP contribution < -0.4 is 10.6 Å². The predicted molar refractivity (Wildman–Crippen MR) is 96.6 cm³/mol. The van der Waals surface area contributed by atoms with Crippen LogP contribution in [0.4, 0.5) is 0 Å². The second-order valence-corrected chi connectivity index (χ2v) is 8.02. The predicted octanol–water partition coefficient (Wildman–Crippen LogP) is 2.69. The van der Waals surface area contributed by atoms with Crippen LogP contribution in [-0.4, -0.2) is 36.0 Å². The molecule has 0 aliphatic heterocycles. The van der Waals surface area contributed by atoms with E-state index in [1.165, 1.54) is 0 Å². The normalized spacial score (nSPS) is 11.7. The average Bonchev–Trinajstić information content (AvgIpc) is 2.51. The van der Waals surface area contributed by atoms with E-state index in [2.05, 4.69) is 10.6 Å². The van der Waals surface area contributed by atoms with E-state index in [1.807, 2.05) is 20.8 Å². The van der Waals surface area contributed by atoms with Crippen LogP contribution >= 0.6 is 0 Å². The maximum absolute atomic E-state index is 12.1. The monoisotopic (exact) mass is 348 g/mol. The summed E-state index contributed by atoms with van der Waals surface area (Å²) in [5.41, 5.74) is 0.0370. The Bertz CT molecular complexity index is 628. The van der Waals surface area contributed by atoms with Gasteiger partial charge in [0.1, 0.15) is 0 Å². The highest BCUT2D eigenvalue weighted by atomic mass is 16.4. The van der Waals surface area contributed by atoms with Crippen molar-refractivity contribution in [1.29, 1.82) is 0 Å². The van der Waals surface area contributed by atoms with Crippen LogP contribution in [0.25, 0.3) is 0 Å². The van der Waals surface area contributed by atoms with E-state index in [1.54, 1.807) is 38.1 Å². The number of carboxylic acid groups (broad SMARTS) is 1. The van der Waals surface area contributed by atoms with Gasteiger partial charge in [0.25, 0.3) is 11.8 Å². The molecule has 1 aromatic carbocycles. The van der Waals surface area contributed by atoms with Crippen LogP contribution in [0.15, 0.2) is 24.3 Å². The molecule has 0 saturated heterocycles. The number of hydrogen-bond donors (Lipinski definition) is 3. The molecule has 0 aliphatic carbocycles. The fourth-order valence-corrected chi connectivity index (χ4v) is 1.92. The fourth-order valence-electron chi connectivity index (χ4n) is 1.92. The summed E-state index contributed by atoms with van der Waals surface area (Å²) in [7, 11) is 0. The molecule has 0 heterocycles. The summed E-state index contributed by atoms with van der Waals surface area (Å²) in [6, 6.07) is 6.38. The largest absolute Gasteiger partial charge is 0.481 e. The lowest BCUT2D eigenvalue weighted by Crippen LogP contribution is -2.32. The number of carbonyl (C=O) groups is 3. The molecule has 6 heteroatoms. The van der Waals surface area contributed by atoms with Crippen molar-refractivity contribution in [1.82, 2.24) is 10.6 Å². The van der Waals surface area contributed by atoms with Crippen molar-refractivity contribution < 1.29 is 19.5 Å². The van der Waals surface area contributed by atoms with Crippen LogP contribution in [0.2, 0.25) is 0 Å². The van der Waals surface area contributed by atoms with E-state index >= 15 is 0 Å². The average molecular weight is 348 g/mol. The third-order valence-corrected chi connectivity index (χ3v) is 3.80. The van der Waals surface area contributed by atoms with Gasteiger partial charge < -0.3 is 15.7 Å². The number of nitrogens with one attached hydrogen (secondary N) is 2. The van der Waals surface area contributed by atoms with Gasteiger partial charge in [-0.2, -0.15) is 0 Å². The number of carbonyl (C=O) groups excluding carboxylic acids is 2. The number of aliphatic carboxylic acids is 1. The second kappa shape index (κ2) is 8.14. The van der Waals surface area contributed by atoms with Crippen molar-refractivity contribution in [3.63, 3.8) is 0 Å². The topological polar surface area (TPSA) is 95.5 Å². The first-order valence-corrected chi connectivity index (χ1v) is 8.32. The van der Waals surface area contributed by atoms with Gasteiger partial charge in [0.15, 0.2) is 0 Å². The minimum atomic E-state index is -0.896. The second-order valence-electron chi connectivity index (χ2n) is 8.02. The smallest absolute Gasteiger partial charge is 0.309 e. The van der Waals surface area contributed by atoms with E-state index in [-0.39, 0.29) is 23.8 Å². The summed E-state index contributed by atoms with van der Waals surface area (Å²) in [4.78, 5) is 35.2. The molecule has 0 bridgehead atoms. The van der Waals surface area contributed by atoms with E-state index < -0.39 is 11.4 Å². The summed E-state index contributed by atoms with van der Waals surface area (Å²) in [5, 5.41) is 14.6. The van der Waals surface area contributed by atoms with Crippen LogP contribution in [-0.2, 0) is 4.79 Å². The first-order valence-electron chi connectivity index (χ1n) is 8.32. The van der Waals surface area contributed by atoms with Gasteiger partial charge in [0.2, 0.25) is 0 Å². The molecule has 0 radical (unpaired) electrons. The molecule has 3 N–H and O–H groups in total. The molecule has 1 aromatic rings. The Hall–Kier alpha value is -2.37. The molecule has 6 nitrogen and oxygen atoms in total. The zero-order valence-corrected chi connectivity index (χ0v) is 15.6. The van der Waals surface area contributed by atoms with Gasteiger partial charge in [0.05, 0.1) is 5.41 Å². The molecule has 25 heavy (non-hydrogen) atoms. The lowest BCUT2D eigenvalue weighted by atomic mass is 9.90. The molecule has 138 valence electrons. The van der Waals surface area contributed by atoms with Crippen molar-refractivity contribution in [2.24, 2.45) is 10.8 Å². The van der Waals surface area contributed by atoms with Crippen LogP contribution in [0.5, 0.6) is 0 Å². The van der Waals surface area contributed by atoms with Crippen molar-refractivity contribution in [2.75, 3.05) is 13.1 Å². The first kappa shape index (κ1) is 20.7. The SMILES string of the molecule is CC(C)(C)CNC(=O)c1ccc(C(=O)NCCC(C)(C)C(=O)O)cc1. The quantitative estimate of drug-likeness (QED) is 0.706. The van der Waals surface area contributed by atoms with Gasteiger partial charge in [-0.25, -0.2) is 0 Å². The van der Waals surface area contributed by atoms with Gasteiger partial charge in [-0.3, -0.25) is 14.4 Å². The summed E-state index contributed by atoms with van der Waals surface area (Å²) in [6.07, 6.45) is 0.335. The Labute approximate surface area is 149 Å². The molecule has 2 amide bonds. The summed E-state index contributed by atoms with van der Waals surface area (Å²) >= 11 is 0. The molecule has 0 fully saturated rings. The Balaban J connectivity index is 2.57. The van der Waals surface area contributed by atoms with Crippen molar-refractivity contribution in [3.8, 4) is 0 Å². The molecule has 1 rings (SSSR count). The minimum absolute atomic E-state index is 0.000778. The standard InChI is InChI=1S/C19H28N2O4/c1-18(2,3)12-21-16(23)14-8-6-13(7-9-14)15(22)20-11-10-19(4,5)17(24)25/h6-9H,10-12H2,1-5H3,(H,20,22)(H,21,23)(H,24,25). The van der Waals surface area contributed by atoms with Gasteiger partial charge in [-0.1, -0.05) is 20.8 Å². The third-order valence-electron chi connectivity index (χ3n) is 3.80. The molecular formula is C19H28N2O4. The molecular weight excluding hydrogens is 320 g/mol. The lowest BCUT2D eigenvalue weighted by molar-refractivity contribution is -0.147. The summed E-state index contributed by atoms with van der Waals surface area (Å²) in [6.45, 7) is 10.2. The van der Waals surface area contributed by atoms with E-state index in [0.29, 0.717) is 24.1 Å². The summed E-state index contributed by atoms with van der Waals surface area (Å²) < 4.78 is 0. The minimum Gasteiger partial charge on any atom is -0.481 e. The van der Waals surface area contributed by atoms with E-state index in [0.717, 1.165) is 0 Å². The first-order chi connectivity index (χ1) is 11.4. The summed E-state index contributed by atoms with van der Waals surface area (Å²) in [5.74, 6) is -1.36. The Morgan fingerprint density at radius 1 is 0.880 bits per heavy atom. The lowest BCUT2D eigenvalue weighted by Gasteiger charge is -2.19.